The maximum atomic E-state index is 12.0. The molecular weight excluding hydrogens is 266 g/mol. The van der Waals surface area contributed by atoms with Gasteiger partial charge in [0.25, 0.3) is 0 Å². The van der Waals surface area contributed by atoms with E-state index < -0.39 is 11.6 Å². The summed E-state index contributed by atoms with van der Waals surface area (Å²) in [5.74, 6) is 0.971. The summed E-state index contributed by atoms with van der Waals surface area (Å²) in [5, 5.41) is 21.2. The third-order valence-electron chi connectivity index (χ3n) is 2.76. The number of thioether (sulfide) groups is 1. The first-order valence-corrected chi connectivity index (χ1v) is 7.94. The van der Waals surface area contributed by atoms with Crippen LogP contribution >= 0.6 is 11.8 Å². The second kappa shape index (κ2) is 10.5. The topological polar surface area (TPSA) is 78.8 Å². The van der Waals surface area contributed by atoms with Crippen LogP contribution < -0.4 is 5.32 Å². The zero-order valence-electron chi connectivity index (χ0n) is 12.1. The lowest BCUT2D eigenvalue weighted by molar-refractivity contribution is -0.150. The van der Waals surface area contributed by atoms with Crippen LogP contribution in [0.25, 0.3) is 0 Å². The zero-order valence-corrected chi connectivity index (χ0v) is 13.0. The first kappa shape index (κ1) is 18.7. The Morgan fingerprint density at radius 2 is 2.16 bits per heavy atom. The van der Waals surface area contributed by atoms with Crippen molar-refractivity contribution in [2.24, 2.45) is 0 Å². The highest BCUT2D eigenvalue weighted by Crippen LogP contribution is 2.17. The van der Waals surface area contributed by atoms with Gasteiger partial charge >= 0.3 is 5.97 Å². The molecule has 0 aromatic rings. The van der Waals surface area contributed by atoms with Crippen LogP contribution in [0.4, 0.5) is 0 Å². The van der Waals surface area contributed by atoms with E-state index in [1.165, 1.54) is 11.8 Å². The number of ether oxygens (including phenoxy) is 1. The SMILES string of the molecule is CCCNC(C)(CCSCC(O)CO)C(=O)OCC. The number of hydrogen-bond acceptors (Lipinski definition) is 6. The molecule has 19 heavy (non-hydrogen) atoms. The minimum atomic E-state index is -0.692. The number of nitrogens with one attached hydrogen (secondary N) is 1. The van der Waals surface area contributed by atoms with Gasteiger partial charge in [-0.1, -0.05) is 6.92 Å². The van der Waals surface area contributed by atoms with Crippen molar-refractivity contribution >= 4 is 17.7 Å². The third kappa shape index (κ3) is 7.77. The summed E-state index contributed by atoms with van der Waals surface area (Å²) in [5.41, 5.74) is -0.677. The Kier molecular flexibility index (Phi) is 10.3. The molecule has 0 aliphatic rings. The van der Waals surface area contributed by atoms with Gasteiger partial charge in [0.05, 0.1) is 19.3 Å². The molecule has 0 saturated carbocycles. The maximum absolute atomic E-state index is 12.0. The molecule has 0 rings (SSSR count). The summed E-state index contributed by atoms with van der Waals surface area (Å²) >= 11 is 1.52. The van der Waals surface area contributed by atoms with Crippen LogP contribution in [0, 0.1) is 0 Å². The molecule has 0 spiro atoms. The van der Waals surface area contributed by atoms with Crippen molar-refractivity contribution in [3.8, 4) is 0 Å². The minimum Gasteiger partial charge on any atom is -0.465 e. The Morgan fingerprint density at radius 3 is 2.68 bits per heavy atom. The molecule has 2 atom stereocenters. The summed E-state index contributed by atoms with van der Waals surface area (Å²) in [6, 6.07) is 0. The average Bonchev–Trinajstić information content (AvgIpc) is 2.41. The van der Waals surface area contributed by atoms with Gasteiger partial charge in [-0.05, 0) is 39.0 Å². The highest BCUT2D eigenvalue weighted by atomic mass is 32.2. The molecule has 5 nitrogen and oxygen atoms in total. The Hall–Kier alpha value is -0.300. The lowest BCUT2D eigenvalue weighted by atomic mass is 9.99. The van der Waals surface area contributed by atoms with E-state index >= 15 is 0 Å². The molecule has 0 aliphatic heterocycles. The van der Waals surface area contributed by atoms with E-state index in [1.807, 2.05) is 13.8 Å². The molecule has 0 amide bonds. The molecule has 0 aliphatic carbocycles. The van der Waals surface area contributed by atoms with Crippen molar-refractivity contribution in [2.45, 2.75) is 45.3 Å². The maximum Gasteiger partial charge on any atom is 0.326 e. The molecule has 0 radical (unpaired) electrons. The van der Waals surface area contributed by atoms with Crippen molar-refractivity contribution in [2.75, 3.05) is 31.3 Å². The average molecular weight is 293 g/mol. The first-order valence-electron chi connectivity index (χ1n) is 6.79. The highest BCUT2D eigenvalue weighted by molar-refractivity contribution is 7.99. The summed E-state index contributed by atoms with van der Waals surface area (Å²) in [6.07, 6.45) is 0.891. The second-order valence-electron chi connectivity index (χ2n) is 4.64. The van der Waals surface area contributed by atoms with Gasteiger partial charge in [-0.25, -0.2) is 0 Å². The highest BCUT2D eigenvalue weighted by Gasteiger charge is 2.33. The van der Waals surface area contributed by atoms with Crippen molar-refractivity contribution in [3.63, 3.8) is 0 Å². The fraction of sp³-hybridized carbons (Fsp3) is 0.923. The van der Waals surface area contributed by atoms with Gasteiger partial charge < -0.3 is 20.3 Å². The Bertz CT molecular complexity index is 253. The summed E-state index contributed by atoms with van der Waals surface area (Å²) < 4.78 is 5.10. The molecule has 0 heterocycles. The third-order valence-corrected chi connectivity index (χ3v) is 3.87. The lowest BCUT2D eigenvalue weighted by Crippen LogP contribution is -2.51. The van der Waals surface area contributed by atoms with Crippen molar-refractivity contribution in [1.82, 2.24) is 5.32 Å². The van der Waals surface area contributed by atoms with E-state index in [9.17, 15) is 9.90 Å². The Labute approximate surface area is 120 Å². The molecule has 0 aromatic carbocycles. The zero-order chi connectivity index (χ0) is 14.7. The van der Waals surface area contributed by atoms with Crippen molar-refractivity contribution < 1.29 is 19.7 Å². The smallest absolute Gasteiger partial charge is 0.326 e. The standard InChI is InChI=1S/C13H27NO4S/c1-4-7-14-13(3,12(17)18-5-2)6-8-19-10-11(16)9-15/h11,14-16H,4-10H2,1-3H3. The molecule has 0 saturated heterocycles. The van der Waals surface area contributed by atoms with Crippen LogP contribution in [0.1, 0.15) is 33.6 Å². The normalized spacial score (nSPS) is 15.8. The Morgan fingerprint density at radius 1 is 1.47 bits per heavy atom. The molecule has 0 aromatic heterocycles. The number of esters is 1. The van der Waals surface area contributed by atoms with Crippen LogP contribution in [0.3, 0.4) is 0 Å². The van der Waals surface area contributed by atoms with E-state index in [0.717, 1.165) is 18.7 Å². The van der Waals surface area contributed by atoms with E-state index in [0.29, 0.717) is 18.8 Å². The van der Waals surface area contributed by atoms with E-state index in [-0.39, 0.29) is 12.6 Å². The van der Waals surface area contributed by atoms with Gasteiger partial charge in [0, 0.05) is 5.75 Å². The van der Waals surface area contributed by atoms with Gasteiger partial charge in [-0.15, -0.1) is 0 Å². The van der Waals surface area contributed by atoms with Gasteiger partial charge in [-0.3, -0.25) is 4.79 Å². The van der Waals surface area contributed by atoms with Crippen LogP contribution in [0.15, 0.2) is 0 Å². The van der Waals surface area contributed by atoms with Gasteiger partial charge in [0.1, 0.15) is 5.54 Å². The number of carbonyl (C=O) groups excluding carboxylic acids is 1. The molecule has 3 N–H and O–H groups in total. The van der Waals surface area contributed by atoms with Gasteiger partial charge in [0.15, 0.2) is 0 Å². The Balaban J connectivity index is 4.22. The van der Waals surface area contributed by atoms with Crippen LogP contribution in [-0.2, 0) is 9.53 Å². The number of aliphatic hydroxyl groups excluding tert-OH is 2. The largest absolute Gasteiger partial charge is 0.465 e. The molecule has 2 unspecified atom stereocenters. The fourth-order valence-corrected chi connectivity index (χ4v) is 2.60. The van der Waals surface area contributed by atoms with Crippen molar-refractivity contribution in [3.05, 3.63) is 0 Å². The number of aliphatic hydroxyl groups is 2. The van der Waals surface area contributed by atoms with E-state index in [1.54, 1.807) is 6.92 Å². The van der Waals surface area contributed by atoms with E-state index in [4.69, 9.17) is 9.84 Å². The molecule has 0 fully saturated rings. The predicted octanol–water partition coefficient (Wildman–Crippen LogP) is 0.784. The molecular formula is C13H27NO4S. The fourth-order valence-electron chi connectivity index (χ4n) is 1.50. The summed E-state index contributed by atoms with van der Waals surface area (Å²) in [7, 11) is 0. The monoisotopic (exact) mass is 293 g/mol. The number of carbonyl (C=O) groups is 1. The van der Waals surface area contributed by atoms with Crippen LogP contribution in [-0.4, -0.2) is 59.1 Å². The number of rotatable bonds is 11. The number of hydrogen-bond donors (Lipinski definition) is 3. The molecule has 6 heteroatoms. The predicted molar refractivity (Wildman–Crippen MR) is 78.4 cm³/mol. The summed E-state index contributed by atoms with van der Waals surface area (Å²) in [4.78, 5) is 12.0. The summed E-state index contributed by atoms with van der Waals surface area (Å²) in [6.45, 7) is 6.60. The van der Waals surface area contributed by atoms with E-state index in [2.05, 4.69) is 5.32 Å². The quantitative estimate of drug-likeness (QED) is 0.386. The minimum absolute atomic E-state index is 0.226. The molecule has 114 valence electrons. The lowest BCUT2D eigenvalue weighted by Gasteiger charge is -2.28. The second-order valence-corrected chi connectivity index (χ2v) is 5.79. The first-order chi connectivity index (χ1) is 9.00. The van der Waals surface area contributed by atoms with Crippen LogP contribution in [0.2, 0.25) is 0 Å². The van der Waals surface area contributed by atoms with Gasteiger partial charge in [0.2, 0.25) is 0 Å². The van der Waals surface area contributed by atoms with Gasteiger partial charge in [-0.2, -0.15) is 11.8 Å². The van der Waals surface area contributed by atoms with Crippen molar-refractivity contribution in [1.29, 1.82) is 0 Å². The molecule has 0 bridgehead atoms. The van der Waals surface area contributed by atoms with Crippen LogP contribution in [0.5, 0.6) is 0 Å².